The number of benzene rings is 1. The quantitative estimate of drug-likeness (QED) is 0.871. The zero-order valence-electron chi connectivity index (χ0n) is 11.6. The topological polar surface area (TPSA) is 44.4 Å². The number of piperazine rings is 1. The molecule has 110 valence electrons. The summed E-state index contributed by atoms with van der Waals surface area (Å²) in [6, 6.07) is 3.40. The van der Waals surface area contributed by atoms with Gasteiger partial charge in [0.2, 0.25) is 5.91 Å². The third-order valence-corrected chi connectivity index (χ3v) is 3.76. The van der Waals surface area contributed by atoms with Crippen LogP contribution in [0.2, 0.25) is 0 Å². The summed E-state index contributed by atoms with van der Waals surface area (Å²) in [5.74, 6) is -1.82. The first-order chi connectivity index (χ1) is 9.56. The average Bonchev–Trinajstić information content (AvgIpc) is 2.48. The second kappa shape index (κ2) is 6.28. The summed E-state index contributed by atoms with van der Waals surface area (Å²) in [5, 5.41) is 5.75. The summed E-state index contributed by atoms with van der Waals surface area (Å²) in [5.41, 5.74) is 0.279. The molecule has 4 nitrogen and oxygen atoms in total. The maximum Gasteiger partial charge on any atom is 0.238 e. The average molecular weight is 283 g/mol. The number of hydrogen-bond donors (Lipinski definition) is 2. The highest BCUT2D eigenvalue weighted by Gasteiger charge is 2.33. The number of carbonyl (C=O) groups excluding carboxylic acids is 1. The van der Waals surface area contributed by atoms with Gasteiger partial charge >= 0.3 is 0 Å². The van der Waals surface area contributed by atoms with Gasteiger partial charge in [-0.25, -0.2) is 8.78 Å². The van der Waals surface area contributed by atoms with E-state index in [1.165, 1.54) is 6.07 Å². The molecule has 1 aliphatic rings. The SMILES string of the molecule is CNC(=O)C1CNCCN1C(C)c1cccc(F)c1F. The molecule has 1 fully saturated rings. The van der Waals surface area contributed by atoms with E-state index in [-0.39, 0.29) is 23.6 Å². The Labute approximate surface area is 117 Å². The van der Waals surface area contributed by atoms with Crippen LogP contribution in [0, 0.1) is 11.6 Å². The van der Waals surface area contributed by atoms with Gasteiger partial charge in [-0.15, -0.1) is 0 Å². The predicted octanol–water partition coefficient (Wildman–Crippen LogP) is 1.05. The van der Waals surface area contributed by atoms with Gasteiger partial charge in [0.1, 0.15) is 6.04 Å². The summed E-state index contributed by atoms with van der Waals surface area (Å²) in [7, 11) is 1.57. The van der Waals surface area contributed by atoms with E-state index in [0.29, 0.717) is 13.1 Å². The fourth-order valence-electron chi connectivity index (χ4n) is 2.62. The number of rotatable bonds is 3. The van der Waals surface area contributed by atoms with Gasteiger partial charge in [-0.3, -0.25) is 9.69 Å². The molecular formula is C14H19F2N3O. The first kappa shape index (κ1) is 14.9. The van der Waals surface area contributed by atoms with Gasteiger partial charge in [0.15, 0.2) is 11.6 Å². The third kappa shape index (κ3) is 2.81. The van der Waals surface area contributed by atoms with E-state index in [4.69, 9.17) is 0 Å². The molecule has 1 amide bonds. The number of hydrogen-bond acceptors (Lipinski definition) is 3. The molecule has 1 aromatic carbocycles. The van der Waals surface area contributed by atoms with E-state index >= 15 is 0 Å². The van der Waals surface area contributed by atoms with Crippen LogP contribution in [0.25, 0.3) is 0 Å². The highest BCUT2D eigenvalue weighted by Crippen LogP contribution is 2.26. The van der Waals surface area contributed by atoms with Gasteiger partial charge in [0.05, 0.1) is 0 Å². The fraction of sp³-hybridized carbons (Fsp3) is 0.500. The smallest absolute Gasteiger partial charge is 0.238 e. The van der Waals surface area contributed by atoms with Gasteiger partial charge in [-0.2, -0.15) is 0 Å². The zero-order chi connectivity index (χ0) is 14.7. The molecule has 20 heavy (non-hydrogen) atoms. The Morgan fingerprint density at radius 3 is 2.95 bits per heavy atom. The molecule has 0 aromatic heterocycles. The summed E-state index contributed by atoms with van der Waals surface area (Å²) in [6.07, 6.45) is 0. The normalized spacial score (nSPS) is 21.5. The molecule has 0 saturated carbocycles. The molecule has 0 spiro atoms. The van der Waals surface area contributed by atoms with E-state index in [1.807, 2.05) is 4.90 Å². The second-order valence-corrected chi connectivity index (χ2v) is 4.89. The summed E-state index contributed by atoms with van der Waals surface area (Å²) in [4.78, 5) is 13.8. The van der Waals surface area contributed by atoms with Crippen molar-refractivity contribution in [2.24, 2.45) is 0 Å². The first-order valence-corrected chi connectivity index (χ1v) is 6.68. The number of halogens is 2. The highest BCUT2D eigenvalue weighted by molar-refractivity contribution is 5.81. The second-order valence-electron chi connectivity index (χ2n) is 4.89. The summed E-state index contributed by atoms with van der Waals surface area (Å²) >= 11 is 0. The molecule has 6 heteroatoms. The lowest BCUT2D eigenvalue weighted by atomic mass is 10.0. The molecule has 0 bridgehead atoms. The van der Waals surface area contributed by atoms with Crippen LogP contribution in [-0.2, 0) is 4.79 Å². The minimum Gasteiger partial charge on any atom is -0.358 e. The van der Waals surface area contributed by atoms with Crippen LogP contribution in [0.5, 0.6) is 0 Å². The number of likely N-dealkylation sites (N-methyl/N-ethyl adjacent to an activating group) is 1. The molecule has 1 aliphatic heterocycles. The Balaban J connectivity index is 2.27. The van der Waals surface area contributed by atoms with Crippen molar-refractivity contribution in [2.75, 3.05) is 26.7 Å². The van der Waals surface area contributed by atoms with Gasteiger partial charge in [-0.1, -0.05) is 12.1 Å². The van der Waals surface area contributed by atoms with Crippen molar-refractivity contribution in [3.63, 3.8) is 0 Å². The van der Waals surface area contributed by atoms with Crippen molar-refractivity contribution >= 4 is 5.91 Å². The van der Waals surface area contributed by atoms with E-state index in [0.717, 1.165) is 12.6 Å². The van der Waals surface area contributed by atoms with Crippen molar-refractivity contribution in [3.8, 4) is 0 Å². The predicted molar refractivity (Wildman–Crippen MR) is 72.2 cm³/mol. The number of carbonyl (C=O) groups is 1. The van der Waals surface area contributed by atoms with Crippen LogP contribution in [0.15, 0.2) is 18.2 Å². The van der Waals surface area contributed by atoms with Crippen molar-refractivity contribution in [1.29, 1.82) is 0 Å². The van der Waals surface area contributed by atoms with Crippen LogP contribution in [0.1, 0.15) is 18.5 Å². The minimum atomic E-state index is -0.860. The Morgan fingerprint density at radius 2 is 2.25 bits per heavy atom. The largest absolute Gasteiger partial charge is 0.358 e. The van der Waals surface area contributed by atoms with Gasteiger partial charge in [0.25, 0.3) is 0 Å². The molecule has 2 rings (SSSR count). The maximum absolute atomic E-state index is 13.9. The van der Waals surface area contributed by atoms with Crippen molar-refractivity contribution in [2.45, 2.75) is 19.0 Å². The lowest BCUT2D eigenvalue weighted by Crippen LogP contribution is -2.57. The van der Waals surface area contributed by atoms with Crippen LogP contribution in [0.4, 0.5) is 8.78 Å². The van der Waals surface area contributed by atoms with Gasteiger partial charge < -0.3 is 10.6 Å². The van der Waals surface area contributed by atoms with E-state index in [2.05, 4.69) is 10.6 Å². The van der Waals surface area contributed by atoms with Crippen LogP contribution >= 0.6 is 0 Å². The number of amides is 1. The summed E-state index contributed by atoms with van der Waals surface area (Å²) in [6.45, 7) is 3.62. The molecule has 1 aromatic rings. The highest BCUT2D eigenvalue weighted by atomic mass is 19.2. The Bertz CT molecular complexity index is 495. The van der Waals surface area contributed by atoms with Gasteiger partial charge in [0, 0.05) is 38.3 Å². The molecule has 1 heterocycles. The molecule has 1 saturated heterocycles. The Kier molecular flexibility index (Phi) is 4.67. The standard InChI is InChI=1S/C14H19F2N3O/c1-9(10-4-3-5-11(15)13(10)16)19-7-6-18-8-12(19)14(20)17-2/h3-5,9,12,18H,6-8H2,1-2H3,(H,17,20). The number of nitrogens with zero attached hydrogens (tertiary/aromatic N) is 1. The summed E-state index contributed by atoms with van der Waals surface area (Å²) < 4.78 is 27.2. The van der Waals surface area contributed by atoms with Crippen molar-refractivity contribution in [3.05, 3.63) is 35.4 Å². The lowest BCUT2D eigenvalue weighted by molar-refractivity contribution is -0.127. The van der Waals surface area contributed by atoms with Crippen LogP contribution in [-0.4, -0.2) is 43.5 Å². The van der Waals surface area contributed by atoms with E-state index in [1.54, 1.807) is 20.0 Å². The molecule has 2 unspecified atom stereocenters. The molecule has 2 N–H and O–H groups in total. The lowest BCUT2D eigenvalue weighted by Gasteiger charge is -2.39. The molecule has 2 atom stereocenters. The van der Waals surface area contributed by atoms with Crippen LogP contribution in [0.3, 0.4) is 0 Å². The monoisotopic (exact) mass is 283 g/mol. The van der Waals surface area contributed by atoms with Crippen LogP contribution < -0.4 is 10.6 Å². The first-order valence-electron chi connectivity index (χ1n) is 6.68. The fourth-order valence-corrected chi connectivity index (χ4v) is 2.62. The number of nitrogens with one attached hydrogen (secondary N) is 2. The molecule has 0 aliphatic carbocycles. The molecule has 0 radical (unpaired) electrons. The Hall–Kier alpha value is -1.53. The third-order valence-electron chi connectivity index (χ3n) is 3.76. The van der Waals surface area contributed by atoms with Crippen molar-refractivity contribution < 1.29 is 13.6 Å². The Morgan fingerprint density at radius 1 is 1.50 bits per heavy atom. The van der Waals surface area contributed by atoms with Crippen molar-refractivity contribution in [1.82, 2.24) is 15.5 Å². The molecular weight excluding hydrogens is 264 g/mol. The zero-order valence-corrected chi connectivity index (χ0v) is 11.6. The maximum atomic E-state index is 13.9. The van der Waals surface area contributed by atoms with E-state index in [9.17, 15) is 13.6 Å². The van der Waals surface area contributed by atoms with E-state index < -0.39 is 11.6 Å². The van der Waals surface area contributed by atoms with Gasteiger partial charge in [-0.05, 0) is 13.0 Å². The minimum absolute atomic E-state index is 0.124.